The van der Waals surface area contributed by atoms with Crippen LogP contribution in [-0.2, 0) is 6.54 Å². The van der Waals surface area contributed by atoms with Crippen LogP contribution < -0.4 is 15.1 Å². The summed E-state index contributed by atoms with van der Waals surface area (Å²) in [6.07, 6.45) is 6.81. The third-order valence-corrected chi connectivity index (χ3v) is 6.82. The second-order valence-corrected chi connectivity index (χ2v) is 9.56. The monoisotopic (exact) mass is 444 g/mol. The summed E-state index contributed by atoms with van der Waals surface area (Å²) in [5.41, 5.74) is 7.59. The largest absolute Gasteiger partial charge is 0.380 e. The Morgan fingerprint density at radius 2 is 1.94 bits per heavy atom. The molecular weight excluding hydrogens is 408 g/mol. The number of hydrogen-bond donors (Lipinski definition) is 1. The van der Waals surface area contributed by atoms with Crippen molar-refractivity contribution in [2.24, 2.45) is 5.92 Å². The summed E-state index contributed by atoms with van der Waals surface area (Å²) >= 11 is 0. The number of para-hydroxylation sites is 1. The first-order chi connectivity index (χ1) is 15.9. The molecule has 2 aromatic rings. The number of nitrogens with one attached hydrogen (secondary N) is 1. The summed E-state index contributed by atoms with van der Waals surface area (Å²) in [6.45, 7) is 14.0. The first-order valence-corrected chi connectivity index (χ1v) is 11.9. The second-order valence-electron chi connectivity index (χ2n) is 9.56. The average Bonchev–Trinajstić information content (AvgIpc) is 2.80. The fourth-order valence-electron chi connectivity index (χ4n) is 4.62. The molecule has 1 aliphatic heterocycles. The van der Waals surface area contributed by atoms with Gasteiger partial charge in [-0.15, -0.1) is 0 Å². The van der Waals surface area contributed by atoms with Crippen LogP contribution in [0.25, 0.3) is 0 Å². The van der Waals surface area contributed by atoms with Gasteiger partial charge in [0.2, 0.25) is 5.95 Å². The number of hydrogen-bond acceptors (Lipinski definition) is 6. The fraction of sp³-hybridized carbons (Fsp3) is 0.444. The maximum absolute atomic E-state index is 5.00. The third kappa shape index (κ3) is 4.91. The van der Waals surface area contributed by atoms with Gasteiger partial charge >= 0.3 is 0 Å². The fourth-order valence-corrected chi connectivity index (χ4v) is 4.62. The van der Waals surface area contributed by atoms with E-state index in [0.29, 0.717) is 25.1 Å². The predicted molar refractivity (Wildman–Crippen MR) is 137 cm³/mol. The van der Waals surface area contributed by atoms with E-state index in [1.165, 1.54) is 31.2 Å². The number of aryl methyl sites for hydroxylation is 1. The minimum absolute atomic E-state index is 0.436. The quantitative estimate of drug-likeness (QED) is 0.610. The Labute approximate surface area is 198 Å². The lowest BCUT2D eigenvalue weighted by molar-refractivity contribution is 0.360. The maximum atomic E-state index is 5.00. The van der Waals surface area contributed by atoms with Gasteiger partial charge in [0.15, 0.2) is 5.82 Å². The summed E-state index contributed by atoms with van der Waals surface area (Å²) in [7, 11) is 4.03. The number of anilines is 3. The van der Waals surface area contributed by atoms with Crippen LogP contribution in [0.5, 0.6) is 0 Å². The van der Waals surface area contributed by atoms with E-state index < -0.39 is 0 Å². The van der Waals surface area contributed by atoms with Gasteiger partial charge in [0.25, 0.3) is 0 Å². The van der Waals surface area contributed by atoms with Crippen molar-refractivity contribution >= 4 is 17.5 Å². The minimum Gasteiger partial charge on any atom is -0.380 e. The Morgan fingerprint density at radius 3 is 2.61 bits per heavy atom. The Balaban J connectivity index is 1.71. The zero-order valence-electron chi connectivity index (χ0n) is 20.4. The van der Waals surface area contributed by atoms with Crippen molar-refractivity contribution in [2.45, 2.75) is 52.1 Å². The molecule has 0 radical (unpaired) electrons. The molecule has 0 amide bonds. The van der Waals surface area contributed by atoms with Gasteiger partial charge < -0.3 is 15.1 Å². The highest BCUT2D eigenvalue weighted by molar-refractivity contribution is 5.68. The molecule has 0 bridgehead atoms. The highest BCUT2D eigenvalue weighted by Gasteiger charge is 2.31. The normalized spacial score (nSPS) is 20.2. The Bertz CT molecular complexity index is 1060. The molecular formula is C27H36N6. The number of likely N-dealkylation sites (N-methyl/N-ethyl adjacent to an activating group) is 1. The van der Waals surface area contributed by atoms with E-state index in [0.717, 1.165) is 34.5 Å². The zero-order chi connectivity index (χ0) is 23.5. The topological polar surface area (TPSA) is 47.5 Å². The molecule has 2 aliphatic rings. The first-order valence-electron chi connectivity index (χ1n) is 11.9. The zero-order valence-corrected chi connectivity index (χ0v) is 20.4. The standard InChI is InChI=1S/C27H36N6/c1-7-25-32(24-11-9-8-10-20(24)3)18-22-16-28-27(29-23-14-12-19(2)13-15-23)30-26(22)33(25)17-21(4)31(5)6/h8-11,16,19,23H,1,4,12-15,17-18H2,2-3,5-6H3,(H,28,29,30). The molecule has 6 heteroatoms. The number of nitrogens with zero attached hydrogens (tertiary/aromatic N) is 5. The lowest BCUT2D eigenvalue weighted by atomic mass is 9.87. The minimum atomic E-state index is 0.436. The van der Waals surface area contributed by atoms with Crippen molar-refractivity contribution in [3.8, 4) is 0 Å². The van der Waals surface area contributed by atoms with Crippen molar-refractivity contribution in [3.05, 3.63) is 72.0 Å². The molecule has 33 heavy (non-hydrogen) atoms. The summed E-state index contributed by atoms with van der Waals surface area (Å²) in [5, 5.41) is 3.59. The summed E-state index contributed by atoms with van der Waals surface area (Å²) in [6, 6.07) is 8.83. The van der Waals surface area contributed by atoms with Crippen LogP contribution in [0, 0.1) is 12.8 Å². The van der Waals surface area contributed by atoms with Gasteiger partial charge in [0.05, 0.1) is 13.1 Å². The molecule has 1 N–H and O–H groups in total. The number of aromatic nitrogens is 2. The van der Waals surface area contributed by atoms with Gasteiger partial charge in [-0.2, -0.15) is 4.98 Å². The van der Waals surface area contributed by atoms with Crippen LogP contribution >= 0.6 is 0 Å². The van der Waals surface area contributed by atoms with Gasteiger partial charge in [-0.25, -0.2) is 4.98 Å². The van der Waals surface area contributed by atoms with E-state index in [4.69, 9.17) is 9.97 Å². The molecule has 4 rings (SSSR count). The van der Waals surface area contributed by atoms with E-state index >= 15 is 0 Å². The molecule has 1 aromatic heterocycles. The molecule has 2 heterocycles. The SMILES string of the molecule is C=C=C1N(c2ccccc2C)Cc2cnc(NC3CCC(C)CC3)nc2N1CC(=C)N(C)C. The molecule has 1 aromatic carbocycles. The van der Waals surface area contributed by atoms with Crippen LogP contribution in [0.3, 0.4) is 0 Å². The number of rotatable bonds is 6. The molecule has 1 saturated carbocycles. The molecule has 1 fully saturated rings. The molecule has 0 unspecified atom stereocenters. The van der Waals surface area contributed by atoms with Crippen molar-refractivity contribution in [3.63, 3.8) is 0 Å². The third-order valence-electron chi connectivity index (χ3n) is 6.82. The van der Waals surface area contributed by atoms with Gasteiger partial charge in [0.1, 0.15) is 5.82 Å². The highest BCUT2D eigenvalue weighted by atomic mass is 15.4. The van der Waals surface area contributed by atoms with E-state index in [2.05, 4.69) is 72.1 Å². The Morgan fingerprint density at radius 1 is 1.21 bits per heavy atom. The maximum Gasteiger partial charge on any atom is 0.224 e. The summed E-state index contributed by atoms with van der Waals surface area (Å²) in [4.78, 5) is 16.1. The number of fused-ring (bicyclic) bond motifs is 1. The Kier molecular flexibility index (Phi) is 6.75. The average molecular weight is 445 g/mol. The van der Waals surface area contributed by atoms with Crippen molar-refractivity contribution in [2.75, 3.05) is 35.8 Å². The van der Waals surface area contributed by atoms with E-state index in [9.17, 15) is 0 Å². The van der Waals surface area contributed by atoms with Crippen LogP contribution in [0.1, 0.15) is 43.7 Å². The van der Waals surface area contributed by atoms with Crippen LogP contribution in [0.15, 0.2) is 60.9 Å². The molecule has 1 aliphatic carbocycles. The second kappa shape index (κ2) is 9.72. The smallest absolute Gasteiger partial charge is 0.224 e. The van der Waals surface area contributed by atoms with Crippen LogP contribution in [0.2, 0.25) is 0 Å². The number of benzene rings is 1. The summed E-state index contributed by atoms with van der Waals surface area (Å²) in [5.74, 6) is 3.29. The Hall–Kier alpha value is -3.24. The lowest BCUT2D eigenvalue weighted by Gasteiger charge is -2.41. The van der Waals surface area contributed by atoms with E-state index in [1.54, 1.807) is 0 Å². The van der Waals surface area contributed by atoms with E-state index in [1.807, 2.05) is 25.2 Å². The van der Waals surface area contributed by atoms with Gasteiger partial charge in [-0.1, -0.05) is 44.0 Å². The van der Waals surface area contributed by atoms with E-state index in [-0.39, 0.29) is 0 Å². The molecule has 0 spiro atoms. The van der Waals surface area contributed by atoms with Gasteiger partial charge in [-0.05, 0) is 50.2 Å². The van der Waals surface area contributed by atoms with Crippen molar-refractivity contribution in [1.29, 1.82) is 0 Å². The highest BCUT2D eigenvalue weighted by Crippen LogP contribution is 2.37. The van der Waals surface area contributed by atoms with Gasteiger partial charge in [0, 0.05) is 43.3 Å². The van der Waals surface area contributed by atoms with Crippen LogP contribution in [0.4, 0.5) is 17.5 Å². The van der Waals surface area contributed by atoms with Gasteiger partial charge in [-0.3, -0.25) is 4.90 Å². The predicted octanol–water partition coefficient (Wildman–Crippen LogP) is 5.30. The summed E-state index contributed by atoms with van der Waals surface area (Å²) < 4.78 is 0. The lowest BCUT2D eigenvalue weighted by Crippen LogP contribution is -2.43. The molecule has 174 valence electrons. The van der Waals surface area contributed by atoms with Crippen LogP contribution in [-0.4, -0.2) is 41.5 Å². The molecule has 6 nitrogen and oxygen atoms in total. The first kappa shape index (κ1) is 22.9. The van der Waals surface area contributed by atoms with Crippen molar-refractivity contribution < 1.29 is 0 Å². The van der Waals surface area contributed by atoms with Crippen molar-refractivity contribution in [1.82, 2.24) is 14.9 Å². The molecule has 0 saturated heterocycles. The molecule has 0 atom stereocenters.